The average Bonchev–Trinajstić information content (AvgIpc) is 3.65. The number of benzene rings is 2. The van der Waals surface area contributed by atoms with E-state index in [1.807, 2.05) is 42.5 Å². The minimum atomic E-state index is -0.716. The maximum atomic E-state index is 14.1. The van der Waals surface area contributed by atoms with E-state index in [1.165, 1.54) is 0 Å². The highest BCUT2D eigenvalue weighted by Gasteiger charge is 2.45. The number of nitrogens with zero attached hydrogens (tertiary/aromatic N) is 2. The summed E-state index contributed by atoms with van der Waals surface area (Å²) < 4.78 is 26.3. The molecule has 0 radical (unpaired) electrons. The summed E-state index contributed by atoms with van der Waals surface area (Å²) in [5.41, 5.74) is 2.11. The second-order valence-electron chi connectivity index (χ2n) is 13.9. The van der Waals surface area contributed by atoms with Gasteiger partial charge in [0.15, 0.2) is 0 Å². The Kier molecular flexibility index (Phi) is 10.8. The van der Waals surface area contributed by atoms with Crippen LogP contribution in [-0.4, -0.2) is 70.9 Å². The molecule has 1 saturated carbocycles. The second-order valence-corrected chi connectivity index (χ2v) is 13.9. The van der Waals surface area contributed by atoms with Crippen LogP contribution < -0.4 is 10.6 Å². The Morgan fingerprint density at radius 1 is 0.979 bits per heavy atom. The van der Waals surface area contributed by atoms with Crippen molar-refractivity contribution in [3.8, 4) is 0 Å². The van der Waals surface area contributed by atoms with Crippen molar-refractivity contribution in [2.75, 3.05) is 25.1 Å². The zero-order valence-electron chi connectivity index (χ0n) is 28.5. The van der Waals surface area contributed by atoms with Crippen molar-refractivity contribution >= 4 is 40.5 Å². The number of esters is 1. The van der Waals surface area contributed by atoms with Crippen molar-refractivity contribution in [3.05, 3.63) is 65.9 Å². The number of halogens is 1. The van der Waals surface area contributed by atoms with Gasteiger partial charge in [-0.1, -0.05) is 30.3 Å². The fourth-order valence-electron chi connectivity index (χ4n) is 7.20. The van der Waals surface area contributed by atoms with E-state index >= 15 is 0 Å². The Morgan fingerprint density at radius 3 is 2.33 bits per heavy atom. The monoisotopic (exact) mass is 662 g/mol. The number of nitrogens with one attached hydrogen (secondary N) is 2. The predicted octanol–water partition coefficient (Wildman–Crippen LogP) is 6.35. The molecule has 10 nitrogen and oxygen atoms in total. The number of rotatable bonds is 9. The number of aromatic nitrogens is 1. The molecule has 2 aliphatic rings. The number of amides is 3. The third kappa shape index (κ3) is 7.82. The van der Waals surface area contributed by atoms with Crippen LogP contribution in [0.25, 0.3) is 10.9 Å². The molecule has 3 aromatic rings. The first-order valence-corrected chi connectivity index (χ1v) is 16.9. The lowest BCUT2D eigenvalue weighted by atomic mass is 9.78. The number of alkyl carbamates (subject to hydrolysis) is 1. The minimum Gasteiger partial charge on any atom is -0.461 e. The number of carbonyl (C=O) groups excluding carboxylic acids is 4. The number of alkyl halides is 1. The van der Waals surface area contributed by atoms with Gasteiger partial charge < -0.3 is 29.6 Å². The van der Waals surface area contributed by atoms with E-state index in [1.54, 1.807) is 56.3 Å². The third-order valence-corrected chi connectivity index (χ3v) is 9.53. The largest absolute Gasteiger partial charge is 0.461 e. The fourth-order valence-corrected chi connectivity index (χ4v) is 7.20. The van der Waals surface area contributed by atoms with Crippen LogP contribution in [0.1, 0.15) is 81.8 Å². The predicted molar refractivity (Wildman–Crippen MR) is 181 cm³/mol. The lowest BCUT2D eigenvalue weighted by molar-refractivity contribution is -0.141. The highest BCUT2D eigenvalue weighted by atomic mass is 19.1. The normalized spacial score (nSPS) is 21.8. The number of aryl methyl sites for hydroxylation is 1. The average molecular weight is 663 g/mol. The summed E-state index contributed by atoms with van der Waals surface area (Å²) in [5.74, 6) is -1.35. The molecule has 3 amide bonds. The van der Waals surface area contributed by atoms with Gasteiger partial charge in [-0.3, -0.25) is 9.59 Å². The van der Waals surface area contributed by atoms with Gasteiger partial charge in [-0.2, -0.15) is 0 Å². The van der Waals surface area contributed by atoms with Crippen molar-refractivity contribution in [3.63, 3.8) is 0 Å². The van der Waals surface area contributed by atoms with Crippen molar-refractivity contribution in [2.45, 2.75) is 83.4 Å². The molecule has 0 unspecified atom stereocenters. The van der Waals surface area contributed by atoms with Gasteiger partial charge in [-0.15, -0.1) is 0 Å². The van der Waals surface area contributed by atoms with Crippen LogP contribution in [0.2, 0.25) is 0 Å². The molecule has 2 N–H and O–H groups in total. The molecule has 0 spiro atoms. The highest BCUT2D eigenvalue weighted by molar-refractivity contribution is 6.01. The number of hydrogen-bond donors (Lipinski definition) is 2. The van der Waals surface area contributed by atoms with Gasteiger partial charge in [0.2, 0.25) is 11.8 Å². The summed E-state index contributed by atoms with van der Waals surface area (Å²) in [6, 6.07) is 15.6. The molecule has 1 aliphatic heterocycles. The standard InChI is InChI=1S/C37H47FN4O6/c1-6-47-35(45)31-21-26-20-27(16-17-30(26)41(31)5)39-33(43)32-28(23-10-8-7-9-11-23)18-19-42(32)34(44)25-14-12-24(13-15-25)29(22-38)40-36(46)48-37(2,3)4/h7-11,16-17,20-21,24-25,28-29,32H,6,12-15,18-19,22H2,1-5H3,(H,39,43)(H,40,46)/t24-,25-,28-,29+,32-/m0/s1. The van der Waals surface area contributed by atoms with Gasteiger partial charge in [-0.05, 0) is 95.5 Å². The van der Waals surface area contributed by atoms with Gasteiger partial charge in [0.25, 0.3) is 0 Å². The maximum absolute atomic E-state index is 14.1. The van der Waals surface area contributed by atoms with E-state index in [0.717, 1.165) is 16.5 Å². The maximum Gasteiger partial charge on any atom is 0.407 e. The Balaban J connectivity index is 1.30. The molecular weight excluding hydrogens is 615 g/mol. The summed E-state index contributed by atoms with van der Waals surface area (Å²) in [4.78, 5) is 54.7. The second kappa shape index (κ2) is 14.8. The molecule has 2 fully saturated rings. The molecule has 2 aromatic carbocycles. The van der Waals surface area contributed by atoms with Crippen LogP contribution in [0.3, 0.4) is 0 Å². The molecular formula is C37H47FN4O6. The Morgan fingerprint density at radius 2 is 1.69 bits per heavy atom. The van der Waals surface area contributed by atoms with Crippen molar-refractivity contribution in [1.82, 2.24) is 14.8 Å². The zero-order valence-corrected chi connectivity index (χ0v) is 28.5. The fraction of sp³-hybridized carbons (Fsp3) is 0.514. The molecule has 258 valence electrons. The van der Waals surface area contributed by atoms with Gasteiger partial charge in [0.05, 0.1) is 12.6 Å². The molecule has 2 heterocycles. The molecule has 48 heavy (non-hydrogen) atoms. The molecule has 3 atom stereocenters. The molecule has 5 rings (SSSR count). The number of fused-ring (bicyclic) bond motifs is 1. The number of hydrogen-bond acceptors (Lipinski definition) is 6. The summed E-state index contributed by atoms with van der Waals surface area (Å²) in [7, 11) is 1.79. The van der Waals surface area contributed by atoms with Gasteiger partial charge in [0.1, 0.15) is 24.0 Å². The van der Waals surface area contributed by atoms with Crippen LogP contribution in [0.15, 0.2) is 54.6 Å². The number of ether oxygens (including phenoxy) is 2. The van der Waals surface area contributed by atoms with E-state index < -0.39 is 36.4 Å². The zero-order chi connectivity index (χ0) is 34.6. The van der Waals surface area contributed by atoms with Crippen molar-refractivity contribution < 1.29 is 33.0 Å². The number of anilines is 1. The Labute approximate surface area is 281 Å². The minimum absolute atomic E-state index is 0.0680. The van der Waals surface area contributed by atoms with Crippen LogP contribution in [0, 0.1) is 11.8 Å². The summed E-state index contributed by atoms with van der Waals surface area (Å²) in [5, 5.41) is 6.52. The summed E-state index contributed by atoms with van der Waals surface area (Å²) in [6.07, 6.45) is 2.26. The molecule has 1 saturated heterocycles. The van der Waals surface area contributed by atoms with E-state index in [2.05, 4.69) is 10.6 Å². The first kappa shape index (κ1) is 34.9. The van der Waals surface area contributed by atoms with Crippen LogP contribution >= 0.6 is 0 Å². The van der Waals surface area contributed by atoms with E-state index in [-0.39, 0.29) is 36.2 Å². The lowest BCUT2D eigenvalue weighted by Crippen LogP contribution is -2.49. The lowest BCUT2D eigenvalue weighted by Gasteiger charge is -2.36. The summed E-state index contributed by atoms with van der Waals surface area (Å²) in [6.45, 7) is 7.03. The van der Waals surface area contributed by atoms with E-state index in [0.29, 0.717) is 50.0 Å². The number of likely N-dealkylation sites (tertiary alicyclic amines) is 1. The van der Waals surface area contributed by atoms with Crippen LogP contribution in [0.5, 0.6) is 0 Å². The quantitative estimate of drug-likeness (QED) is 0.258. The first-order valence-electron chi connectivity index (χ1n) is 16.9. The topological polar surface area (TPSA) is 119 Å². The van der Waals surface area contributed by atoms with Gasteiger partial charge in [-0.25, -0.2) is 14.0 Å². The first-order chi connectivity index (χ1) is 22.9. The van der Waals surface area contributed by atoms with Crippen molar-refractivity contribution in [2.24, 2.45) is 18.9 Å². The third-order valence-electron chi connectivity index (χ3n) is 9.53. The van der Waals surface area contributed by atoms with E-state index in [9.17, 15) is 23.6 Å². The molecule has 0 bridgehead atoms. The Hall–Kier alpha value is -4.41. The molecule has 1 aliphatic carbocycles. The SMILES string of the molecule is CCOC(=O)c1cc2cc(NC(=O)[C@@H]3[C@H](c4ccccc4)CCN3C(=O)[C@H]3CC[C@H]([C@@H](CF)NC(=O)OC(C)(C)C)CC3)ccc2n1C. The Bertz CT molecular complexity index is 1630. The highest BCUT2D eigenvalue weighted by Crippen LogP contribution is 2.39. The number of carbonyl (C=O) groups is 4. The molecule has 1 aromatic heterocycles. The smallest absolute Gasteiger partial charge is 0.407 e. The van der Waals surface area contributed by atoms with Gasteiger partial charge in [0, 0.05) is 42.0 Å². The van der Waals surface area contributed by atoms with Gasteiger partial charge >= 0.3 is 12.1 Å². The van der Waals surface area contributed by atoms with Crippen LogP contribution in [-0.2, 0) is 26.1 Å². The van der Waals surface area contributed by atoms with Crippen molar-refractivity contribution in [1.29, 1.82) is 0 Å². The molecule has 11 heteroatoms. The van der Waals surface area contributed by atoms with E-state index in [4.69, 9.17) is 9.47 Å². The summed E-state index contributed by atoms with van der Waals surface area (Å²) >= 11 is 0. The van der Waals surface area contributed by atoms with Crippen LogP contribution in [0.4, 0.5) is 14.9 Å².